The molecule has 0 bridgehead atoms. The predicted molar refractivity (Wildman–Crippen MR) is 40.3 cm³/mol. The summed E-state index contributed by atoms with van der Waals surface area (Å²) in [4.78, 5) is 0. The second-order valence-electron chi connectivity index (χ2n) is 0. The Morgan fingerprint density at radius 1 is 0.625 bits per heavy atom. The molecule has 0 heterocycles. The van der Waals surface area contributed by atoms with Crippen molar-refractivity contribution in [2.75, 3.05) is 0 Å². The van der Waals surface area contributed by atoms with Crippen LogP contribution in [0.4, 0.5) is 0 Å². The zero-order valence-electron chi connectivity index (χ0n) is 6.03. The first-order chi connectivity index (χ1) is 3.00. The van der Waals surface area contributed by atoms with E-state index in [1.54, 1.807) is 20.8 Å². The van der Waals surface area contributed by atoms with Crippen LogP contribution in [0.2, 0.25) is 0 Å². The largest absolute Gasteiger partial charge is 0.346 e. The van der Waals surface area contributed by atoms with E-state index in [1.807, 2.05) is 0 Å². The van der Waals surface area contributed by atoms with Crippen LogP contribution in [-0.4, -0.2) is 0 Å². The molecule has 0 atom stereocenters. The van der Waals surface area contributed by atoms with Crippen LogP contribution >= 0.6 is 12.4 Å². The van der Waals surface area contributed by atoms with Crippen molar-refractivity contribution in [2.45, 2.75) is 20.8 Å². The van der Waals surface area contributed by atoms with Gasteiger partial charge in [0.25, 0.3) is 0 Å². The summed E-state index contributed by atoms with van der Waals surface area (Å²) in [5.41, 5.74) is 0. The van der Waals surface area contributed by atoms with Crippen LogP contribution in [0.15, 0.2) is 0 Å². The molecule has 0 radical (unpaired) electrons. The molecular formula is C6H16ClHf-3. The van der Waals surface area contributed by atoms with Crippen molar-refractivity contribution >= 4 is 12.4 Å². The van der Waals surface area contributed by atoms with E-state index in [0.717, 1.165) is 0 Å². The molecule has 0 aromatic rings. The monoisotopic (exact) mass is 303 g/mol. The second-order valence-corrected chi connectivity index (χ2v) is 0. The fourth-order valence-corrected chi connectivity index (χ4v) is 0. The maximum absolute atomic E-state index is 3.25. The Balaban J connectivity index is -0.00000000500. The molecule has 0 N–H and O–H groups in total. The van der Waals surface area contributed by atoms with Crippen molar-refractivity contribution in [3.63, 3.8) is 0 Å². The van der Waals surface area contributed by atoms with Crippen molar-refractivity contribution < 1.29 is 25.8 Å². The molecular weight excluding hydrogens is 286 g/mol. The Morgan fingerprint density at radius 3 is 0.625 bits per heavy atom. The molecule has 0 amide bonds. The summed E-state index contributed by atoms with van der Waals surface area (Å²) in [6.45, 7) is 15.0. The van der Waals surface area contributed by atoms with Gasteiger partial charge in [-0.05, 0) is 0 Å². The van der Waals surface area contributed by atoms with Gasteiger partial charge in [-0.15, -0.1) is 12.4 Å². The third-order valence-corrected chi connectivity index (χ3v) is 0. The van der Waals surface area contributed by atoms with Gasteiger partial charge < -0.3 is 20.8 Å². The van der Waals surface area contributed by atoms with E-state index in [4.69, 9.17) is 0 Å². The van der Waals surface area contributed by atoms with Gasteiger partial charge in [-0.3, -0.25) is 0 Å². The summed E-state index contributed by atoms with van der Waals surface area (Å²) in [5, 5.41) is 0. The Bertz CT molecular complexity index is 8.49. The van der Waals surface area contributed by atoms with Crippen LogP contribution < -0.4 is 0 Å². The normalized spacial score (nSPS) is 2.25. The third-order valence-electron chi connectivity index (χ3n) is 0. The molecule has 0 unspecified atom stereocenters. The summed E-state index contributed by atoms with van der Waals surface area (Å²) < 4.78 is 0. The summed E-state index contributed by atoms with van der Waals surface area (Å²) in [5.74, 6) is 0. The molecule has 0 rings (SSSR count). The zero-order chi connectivity index (χ0) is 6.00. The van der Waals surface area contributed by atoms with Gasteiger partial charge in [0.1, 0.15) is 0 Å². The molecule has 0 nitrogen and oxygen atoms in total. The summed E-state index contributed by atoms with van der Waals surface area (Å²) in [7, 11) is 0. The first-order valence-corrected chi connectivity index (χ1v) is 2.12. The fraction of sp³-hybridized carbons (Fsp3) is 0.500. The van der Waals surface area contributed by atoms with Crippen molar-refractivity contribution in [3.05, 3.63) is 20.8 Å². The standard InChI is InChI=1S/3C2H5.ClH.Hf/c3*1-2;;/h3*1H2,2H3;1H;/q3*-1;;. The maximum Gasteiger partial charge on any atom is 0 e. The van der Waals surface area contributed by atoms with E-state index in [9.17, 15) is 0 Å². The average molecular weight is 302 g/mol. The molecule has 0 aromatic carbocycles. The van der Waals surface area contributed by atoms with Gasteiger partial charge in [-0.2, -0.15) is 20.8 Å². The number of hydrogen-bond donors (Lipinski definition) is 0. The van der Waals surface area contributed by atoms with Crippen molar-refractivity contribution in [1.29, 1.82) is 0 Å². The van der Waals surface area contributed by atoms with Gasteiger partial charge in [0.2, 0.25) is 0 Å². The molecule has 54 valence electrons. The third kappa shape index (κ3) is 202. The Kier molecular flexibility index (Phi) is 1370. The fourth-order valence-electron chi connectivity index (χ4n) is 0. The first-order valence-electron chi connectivity index (χ1n) is 2.12. The summed E-state index contributed by atoms with van der Waals surface area (Å²) in [6, 6.07) is 0. The van der Waals surface area contributed by atoms with Gasteiger partial charge in [-0.1, -0.05) is 0 Å². The van der Waals surface area contributed by atoms with Crippen molar-refractivity contribution in [2.24, 2.45) is 0 Å². The summed E-state index contributed by atoms with van der Waals surface area (Å²) in [6.07, 6.45) is 0. The van der Waals surface area contributed by atoms with Crippen LogP contribution in [0.5, 0.6) is 0 Å². The molecule has 0 saturated heterocycles. The van der Waals surface area contributed by atoms with E-state index < -0.39 is 0 Å². The smallest absolute Gasteiger partial charge is 0 e. The van der Waals surface area contributed by atoms with Gasteiger partial charge in [0, 0.05) is 25.8 Å². The molecule has 0 spiro atoms. The van der Waals surface area contributed by atoms with Crippen LogP contribution in [-0.2, 0) is 25.8 Å². The minimum atomic E-state index is 0. The molecule has 0 fully saturated rings. The van der Waals surface area contributed by atoms with Crippen LogP contribution in [0, 0.1) is 20.8 Å². The van der Waals surface area contributed by atoms with Crippen LogP contribution in [0.25, 0.3) is 0 Å². The van der Waals surface area contributed by atoms with Gasteiger partial charge in [0.05, 0.1) is 0 Å². The topological polar surface area (TPSA) is 0 Å². The maximum atomic E-state index is 3.25. The zero-order valence-corrected chi connectivity index (χ0v) is 10.4. The molecule has 0 aliphatic rings. The molecule has 0 aromatic heterocycles. The SMILES string of the molecule is Cl.[CH2-]C.[CH2-]C.[CH2-]C.[Hf]. The minimum absolute atomic E-state index is 0. The van der Waals surface area contributed by atoms with Crippen molar-refractivity contribution in [1.82, 2.24) is 0 Å². The second kappa shape index (κ2) is 311. The Morgan fingerprint density at radius 2 is 0.625 bits per heavy atom. The quantitative estimate of drug-likeness (QED) is 0.477. The number of rotatable bonds is 0. The van der Waals surface area contributed by atoms with Gasteiger partial charge >= 0.3 is 0 Å². The van der Waals surface area contributed by atoms with Gasteiger partial charge in [0.15, 0.2) is 0 Å². The Labute approximate surface area is 79.6 Å². The Hall–Kier alpha value is 1.16. The average Bonchev–Trinajstić information content (AvgIpc) is 1.81. The van der Waals surface area contributed by atoms with E-state index in [1.165, 1.54) is 0 Å². The van der Waals surface area contributed by atoms with Crippen molar-refractivity contribution in [3.8, 4) is 0 Å². The van der Waals surface area contributed by atoms with E-state index in [2.05, 4.69) is 20.8 Å². The van der Waals surface area contributed by atoms with E-state index >= 15 is 0 Å². The minimum Gasteiger partial charge on any atom is -0.346 e. The molecule has 0 aliphatic carbocycles. The van der Waals surface area contributed by atoms with Gasteiger partial charge in [-0.25, -0.2) is 0 Å². The molecule has 2 heteroatoms. The van der Waals surface area contributed by atoms with E-state index in [0.29, 0.717) is 0 Å². The molecule has 8 heavy (non-hydrogen) atoms. The van der Waals surface area contributed by atoms with Crippen LogP contribution in [0.3, 0.4) is 0 Å². The predicted octanol–water partition coefficient (Wildman–Crippen LogP) is 2.94. The van der Waals surface area contributed by atoms with E-state index in [-0.39, 0.29) is 38.3 Å². The summed E-state index contributed by atoms with van der Waals surface area (Å²) >= 11 is 0. The number of hydrogen-bond acceptors (Lipinski definition) is 0. The number of halogens is 1. The molecule has 0 saturated carbocycles. The molecule has 0 aliphatic heterocycles. The first kappa shape index (κ1) is 35.2. The van der Waals surface area contributed by atoms with Crippen LogP contribution in [0.1, 0.15) is 20.8 Å².